The van der Waals surface area contributed by atoms with Crippen molar-refractivity contribution in [2.75, 3.05) is 14.2 Å². The van der Waals surface area contributed by atoms with Crippen LogP contribution in [0.3, 0.4) is 0 Å². The summed E-state index contributed by atoms with van der Waals surface area (Å²) in [5.41, 5.74) is 1.31. The minimum atomic E-state index is -0.724. The molecule has 2 aliphatic carbocycles. The maximum Gasteiger partial charge on any atom is 0.313 e. The van der Waals surface area contributed by atoms with E-state index in [1.165, 1.54) is 12.7 Å². The van der Waals surface area contributed by atoms with E-state index < -0.39 is 5.41 Å². The number of carbonyl (C=O) groups excluding carboxylic acids is 2. The number of esters is 1. The Balaban J connectivity index is 2.16. The molecule has 4 nitrogen and oxygen atoms in total. The van der Waals surface area contributed by atoms with Crippen molar-refractivity contribution in [1.82, 2.24) is 0 Å². The minimum absolute atomic E-state index is 0.167. The van der Waals surface area contributed by atoms with Gasteiger partial charge in [-0.15, -0.1) is 0 Å². The van der Waals surface area contributed by atoms with Crippen molar-refractivity contribution in [2.45, 2.75) is 44.4 Å². The zero-order chi connectivity index (χ0) is 16.0. The topological polar surface area (TPSA) is 52.6 Å². The molecule has 1 fully saturated rings. The summed E-state index contributed by atoms with van der Waals surface area (Å²) in [4.78, 5) is 24.7. The van der Waals surface area contributed by atoms with Gasteiger partial charge in [0.15, 0.2) is 0 Å². The molecule has 118 valence electrons. The van der Waals surface area contributed by atoms with E-state index in [-0.39, 0.29) is 17.2 Å². The molecule has 0 bridgehead atoms. The molecule has 0 saturated heterocycles. The standard InChI is InChI=1S/C18H22O4/c1-17-8-7-13(19)11-18(17,16(20)22-3)9-6-12-10-14(21-2)4-5-15(12)17/h4-5,10H,6-9,11H2,1-3H3/t17-,18-/m1/s1. The first kappa shape index (κ1) is 15.1. The van der Waals surface area contributed by atoms with Crippen LogP contribution >= 0.6 is 0 Å². The summed E-state index contributed by atoms with van der Waals surface area (Å²) in [5.74, 6) is 0.754. The third-order valence-electron chi connectivity index (χ3n) is 5.76. The fraction of sp³-hybridized carbons (Fsp3) is 0.556. The van der Waals surface area contributed by atoms with Gasteiger partial charge in [0.1, 0.15) is 11.5 Å². The molecule has 4 heteroatoms. The molecule has 0 radical (unpaired) electrons. The van der Waals surface area contributed by atoms with Crippen molar-refractivity contribution in [3.05, 3.63) is 29.3 Å². The smallest absolute Gasteiger partial charge is 0.313 e. The Bertz CT molecular complexity index is 636. The van der Waals surface area contributed by atoms with Crippen LogP contribution in [0.25, 0.3) is 0 Å². The Kier molecular flexibility index (Phi) is 3.50. The number of benzene rings is 1. The SMILES string of the molecule is COC(=O)[C@]12CCc3cc(OC)ccc3[C@@]1(C)CCC(=O)C2. The number of aryl methyl sites for hydroxylation is 1. The van der Waals surface area contributed by atoms with E-state index in [2.05, 4.69) is 19.1 Å². The number of carbonyl (C=O) groups is 2. The lowest BCUT2D eigenvalue weighted by atomic mass is 9.49. The highest BCUT2D eigenvalue weighted by Crippen LogP contribution is 2.58. The molecule has 1 aromatic carbocycles. The molecule has 0 unspecified atom stereocenters. The molecular formula is C18H22O4. The lowest BCUT2D eigenvalue weighted by molar-refractivity contribution is -0.165. The maximum absolute atomic E-state index is 12.6. The number of hydrogen-bond donors (Lipinski definition) is 0. The van der Waals surface area contributed by atoms with Gasteiger partial charge in [0.05, 0.1) is 19.6 Å². The van der Waals surface area contributed by atoms with E-state index in [0.717, 1.165) is 17.7 Å². The summed E-state index contributed by atoms with van der Waals surface area (Å²) < 4.78 is 10.4. The van der Waals surface area contributed by atoms with Crippen molar-refractivity contribution < 1.29 is 19.1 Å². The molecule has 2 aliphatic rings. The van der Waals surface area contributed by atoms with Gasteiger partial charge in [0, 0.05) is 18.3 Å². The zero-order valence-corrected chi connectivity index (χ0v) is 13.4. The molecule has 0 heterocycles. The quantitative estimate of drug-likeness (QED) is 0.788. The molecule has 0 aliphatic heterocycles. The second-order valence-electron chi connectivity index (χ2n) is 6.64. The zero-order valence-electron chi connectivity index (χ0n) is 13.4. The first-order valence-electron chi connectivity index (χ1n) is 7.74. The van der Waals surface area contributed by atoms with E-state index in [4.69, 9.17) is 9.47 Å². The monoisotopic (exact) mass is 302 g/mol. The van der Waals surface area contributed by atoms with Crippen LogP contribution in [-0.2, 0) is 26.2 Å². The Morgan fingerprint density at radius 1 is 1.18 bits per heavy atom. The number of methoxy groups -OCH3 is 2. The second-order valence-corrected chi connectivity index (χ2v) is 6.64. The Labute approximate surface area is 130 Å². The summed E-state index contributed by atoms with van der Waals surface area (Å²) in [5, 5.41) is 0. The second kappa shape index (κ2) is 5.11. The van der Waals surface area contributed by atoms with Crippen molar-refractivity contribution in [2.24, 2.45) is 5.41 Å². The molecule has 3 rings (SSSR count). The fourth-order valence-electron chi connectivity index (χ4n) is 4.39. The third-order valence-corrected chi connectivity index (χ3v) is 5.76. The van der Waals surface area contributed by atoms with Gasteiger partial charge in [-0.05, 0) is 42.5 Å². The first-order valence-corrected chi connectivity index (χ1v) is 7.74. The van der Waals surface area contributed by atoms with Crippen molar-refractivity contribution in [1.29, 1.82) is 0 Å². The maximum atomic E-state index is 12.6. The molecule has 1 saturated carbocycles. The molecular weight excluding hydrogens is 280 g/mol. The average Bonchev–Trinajstić information content (AvgIpc) is 2.54. The molecule has 22 heavy (non-hydrogen) atoms. The van der Waals surface area contributed by atoms with Crippen LogP contribution in [0.1, 0.15) is 43.7 Å². The van der Waals surface area contributed by atoms with Gasteiger partial charge in [-0.1, -0.05) is 13.0 Å². The lowest BCUT2D eigenvalue weighted by Crippen LogP contribution is -2.56. The molecule has 2 atom stereocenters. The van der Waals surface area contributed by atoms with E-state index in [1.807, 2.05) is 6.07 Å². The number of Topliss-reactive ketones (excluding diaryl/α,β-unsaturated/α-hetero) is 1. The van der Waals surface area contributed by atoms with Crippen molar-refractivity contribution in [3.8, 4) is 5.75 Å². The molecule has 1 aromatic rings. The molecule has 0 N–H and O–H groups in total. The predicted octanol–water partition coefficient (Wildman–Crippen LogP) is 2.81. The van der Waals surface area contributed by atoms with E-state index in [9.17, 15) is 9.59 Å². The van der Waals surface area contributed by atoms with Gasteiger partial charge >= 0.3 is 5.97 Å². The van der Waals surface area contributed by atoms with Crippen LogP contribution in [0.15, 0.2) is 18.2 Å². The van der Waals surface area contributed by atoms with Gasteiger partial charge in [-0.2, -0.15) is 0 Å². The Morgan fingerprint density at radius 3 is 2.64 bits per heavy atom. The Morgan fingerprint density at radius 2 is 1.95 bits per heavy atom. The van der Waals surface area contributed by atoms with Gasteiger partial charge in [-0.3, -0.25) is 9.59 Å². The van der Waals surface area contributed by atoms with Crippen LogP contribution < -0.4 is 4.74 Å². The summed E-state index contributed by atoms with van der Waals surface area (Å²) >= 11 is 0. The summed E-state index contributed by atoms with van der Waals surface area (Å²) in [6, 6.07) is 6.05. The van der Waals surface area contributed by atoms with Crippen molar-refractivity contribution in [3.63, 3.8) is 0 Å². The predicted molar refractivity (Wildman–Crippen MR) is 82.0 cm³/mol. The van der Waals surface area contributed by atoms with Crippen LogP contribution in [0, 0.1) is 5.41 Å². The minimum Gasteiger partial charge on any atom is -0.497 e. The molecule has 0 spiro atoms. The molecule has 0 amide bonds. The van der Waals surface area contributed by atoms with Gasteiger partial charge < -0.3 is 9.47 Å². The number of hydrogen-bond acceptors (Lipinski definition) is 4. The third kappa shape index (κ3) is 1.89. The van der Waals surface area contributed by atoms with E-state index in [0.29, 0.717) is 25.7 Å². The highest BCUT2D eigenvalue weighted by molar-refractivity contribution is 5.90. The summed E-state index contributed by atoms with van der Waals surface area (Å²) in [7, 11) is 3.07. The fourth-order valence-corrected chi connectivity index (χ4v) is 4.39. The normalized spacial score (nSPS) is 30.2. The lowest BCUT2D eigenvalue weighted by Gasteiger charge is -2.53. The van der Waals surface area contributed by atoms with Gasteiger partial charge in [0.25, 0.3) is 0 Å². The number of ether oxygens (including phenoxy) is 2. The van der Waals surface area contributed by atoms with Crippen molar-refractivity contribution >= 4 is 11.8 Å². The van der Waals surface area contributed by atoms with Crippen LogP contribution in [0.4, 0.5) is 0 Å². The van der Waals surface area contributed by atoms with Gasteiger partial charge in [-0.25, -0.2) is 0 Å². The largest absolute Gasteiger partial charge is 0.497 e. The number of fused-ring (bicyclic) bond motifs is 3. The number of ketones is 1. The Hall–Kier alpha value is -1.84. The highest BCUT2D eigenvalue weighted by atomic mass is 16.5. The highest BCUT2D eigenvalue weighted by Gasteiger charge is 2.60. The van der Waals surface area contributed by atoms with E-state index in [1.54, 1.807) is 7.11 Å². The van der Waals surface area contributed by atoms with Crippen LogP contribution in [0.2, 0.25) is 0 Å². The first-order chi connectivity index (χ1) is 10.5. The van der Waals surface area contributed by atoms with Crippen LogP contribution in [0.5, 0.6) is 5.75 Å². The van der Waals surface area contributed by atoms with Crippen LogP contribution in [-0.4, -0.2) is 26.0 Å². The van der Waals surface area contributed by atoms with Gasteiger partial charge in [0.2, 0.25) is 0 Å². The molecule has 0 aromatic heterocycles. The summed E-state index contributed by atoms with van der Waals surface area (Å²) in [6.45, 7) is 2.11. The average molecular weight is 302 g/mol. The number of rotatable bonds is 2. The van der Waals surface area contributed by atoms with E-state index >= 15 is 0 Å². The summed E-state index contributed by atoms with van der Waals surface area (Å²) in [6.07, 6.45) is 2.94.